The highest BCUT2D eigenvalue weighted by Crippen LogP contribution is 2.24. The van der Waals surface area contributed by atoms with Gasteiger partial charge in [0.1, 0.15) is 18.0 Å². The van der Waals surface area contributed by atoms with Crippen molar-refractivity contribution in [2.45, 2.75) is 44.6 Å². The van der Waals surface area contributed by atoms with Crippen LogP contribution in [0.3, 0.4) is 0 Å². The van der Waals surface area contributed by atoms with E-state index in [0.29, 0.717) is 0 Å². The van der Waals surface area contributed by atoms with E-state index >= 15 is 0 Å². The van der Waals surface area contributed by atoms with Gasteiger partial charge in [-0.25, -0.2) is 4.98 Å². The molecule has 0 amide bonds. The lowest BCUT2D eigenvalue weighted by Crippen LogP contribution is -2.25. The minimum Gasteiger partial charge on any atom is -0.393 e. The summed E-state index contributed by atoms with van der Waals surface area (Å²) in [4.78, 5) is 4.41. The first kappa shape index (κ1) is 19.1. The van der Waals surface area contributed by atoms with E-state index in [2.05, 4.69) is 32.8 Å². The van der Waals surface area contributed by atoms with E-state index in [9.17, 15) is 5.11 Å². The molecule has 1 fully saturated rings. The maximum atomic E-state index is 9.82. The lowest BCUT2D eigenvalue weighted by molar-refractivity contribution is -0.188. The number of aromatic nitrogens is 2. The lowest BCUT2D eigenvalue weighted by atomic mass is 10.2. The zero-order valence-electron chi connectivity index (χ0n) is 14.8. The Balaban J connectivity index is 1.73. The molecular weight excluding hydrogens is 396 g/mol. The molecule has 1 N–H and O–H groups in total. The molecule has 0 saturated carbocycles. The number of aliphatic hydroxyl groups is 1. The molecule has 0 aliphatic carbocycles. The van der Waals surface area contributed by atoms with Crippen LogP contribution in [0.2, 0.25) is 0 Å². The summed E-state index contributed by atoms with van der Waals surface area (Å²) in [6.45, 7) is 2.59. The van der Waals surface area contributed by atoms with Gasteiger partial charge in [-0.2, -0.15) is 0 Å². The fourth-order valence-electron chi connectivity index (χ4n) is 2.91. The smallest absolute Gasteiger partial charge is 0.158 e. The second-order valence-electron chi connectivity index (χ2n) is 6.24. The Morgan fingerprint density at radius 2 is 2.19 bits per heavy atom. The van der Waals surface area contributed by atoms with Gasteiger partial charge in [-0.3, -0.25) is 0 Å². The first-order chi connectivity index (χ1) is 12.7. The number of halogens is 1. The highest BCUT2D eigenvalue weighted by molar-refractivity contribution is 9.10. The fourth-order valence-corrected chi connectivity index (χ4v) is 3.18. The van der Waals surface area contributed by atoms with Crippen LogP contribution in [-0.2, 0) is 9.47 Å². The fraction of sp³-hybridized carbons (Fsp3) is 0.450. The first-order valence-corrected chi connectivity index (χ1v) is 9.64. The molecule has 1 aromatic carbocycles. The quantitative estimate of drug-likeness (QED) is 0.749. The van der Waals surface area contributed by atoms with E-state index in [1.54, 1.807) is 6.20 Å². The van der Waals surface area contributed by atoms with Crippen LogP contribution < -0.4 is 0 Å². The van der Waals surface area contributed by atoms with Crippen LogP contribution in [0.5, 0.6) is 0 Å². The normalized spacial score (nSPS) is 19.4. The van der Waals surface area contributed by atoms with Crippen LogP contribution in [0.15, 0.2) is 41.1 Å². The van der Waals surface area contributed by atoms with Crippen LogP contribution in [0.25, 0.3) is 0 Å². The van der Waals surface area contributed by atoms with E-state index in [1.807, 2.05) is 42.0 Å². The Morgan fingerprint density at radius 3 is 2.88 bits per heavy atom. The first-order valence-electron chi connectivity index (χ1n) is 8.85. The van der Waals surface area contributed by atoms with Crippen molar-refractivity contribution in [3.05, 3.63) is 52.5 Å². The second kappa shape index (κ2) is 9.33. The van der Waals surface area contributed by atoms with E-state index in [1.165, 1.54) is 0 Å². The van der Waals surface area contributed by atoms with Crippen molar-refractivity contribution in [2.24, 2.45) is 0 Å². The Labute approximate surface area is 162 Å². The molecule has 1 aliphatic rings. The molecule has 0 radical (unpaired) electrons. The summed E-state index contributed by atoms with van der Waals surface area (Å²) in [5, 5.41) is 9.82. The minimum atomic E-state index is -0.380. The molecule has 2 heterocycles. The van der Waals surface area contributed by atoms with Gasteiger partial charge >= 0.3 is 0 Å². The second-order valence-corrected chi connectivity index (χ2v) is 7.16. The van der Waals surface area contributed by atoms with Gasteiger partial charge in [0.05, 0.1) is 6.61 Å². The average Bonchev–Trinajstić information content (AvgIpc) is 3.14. The van der Waals surface area contributed by atoms with Crippen LogP contribution in [-0.4, -0.2) is 34.2 Å². The summed E-state index contributed by atoms with van der Waals surface area (Å²) < 4.78 is 14.5. The van der Waals surface area contributed by atoms with Crippen LogP contribution in [0.1, 0.15) is 49.7 Å². The molecule has 26 heavy (non-hydrogen) atoms. The molecule has 1 aliphatic heterocycles. The summed E-state index contributed by atoms with van der Waals surface area (Å²) in [6, 6.07) is 7.38. The third-order valence-corrected chi connectivity index (χ3v) is 4.82. The monoisotopic (exact) mass is 418 g/mol. The predicted molar refractivity (Wildman–Crippen MR) is 102 cm³/mol. The van der Waals surface area contributed by atoms with E-state index < -0.39 is 0 Å². The Bertz CT molecular complexity index is 757. The Morgan fingerprint density at radius 1 is 1.38 bits per heavy atom. The summed E-state index contributed by atoms with van der Waals surface area (Å²) in [7, 11) is 0. The predicted octanol–water partition coefficient (Wildman–Crippen LogP) is 3.83. The number of ether oxygens (including phenoxy) is 2. The van der Waals surface area contributed by atoms with Crippen molar-refractivity contribution < 1.29 is 14.6 Å². The molecule has 6 heteroatoms. The van der Waals surface area contributed by atoms with Gasteiger partial charge in [0.25, 0.3) is 0 Å². The molecule has 0 spiro atoms. The zero-order valence-corrected chi connectivity index (χ0v) is 16.4. The number of nitrogens with zero attached hydrogens (tertiary/aromatic N) is 2. The van der Waals surface area contributed by atoms with Crippen LogP contribution in [0.4, 0.5) is 0 Å². The molecule has 138 valence electrons. The number of benzene rings is 1. The van der Waals surface area contributed by atoms with E-state index in [0.717, 1.165) is 41.7 Å². The largest absolute Gasteiger partial charge is 0.393 e. The SMILES string of the molecule is C[C@H](OC1CCCCO1)c1nccn1[C@@H](C#Cc1ccc(Br)cc1)CO. The molecule has 5 nitrogen and oxygen atoms in total. The summed E-state index contributed by atoms with van der Waals surface area (Å²) in [5.41, 5.74) is 0.896. The van der Waals surface area contributed by atoms with Crippen LogP contribution >= 0.6 is 15.9 Å². The van der Waals surface area contributed by atoms with Gasteiger partial charge in [0.2, 0.25) is 0 Å². The molecule has 0 bridgehead atoms. The van der Waals surface area contributed by atoms with Crippen molar-refractivity contribution in [1.29, 1.82) is 0 Å². The van der Waals surface area contributed by atoms with Gasteiger partial charge in [-0.05, 0) is 50.5 Å². The standard InChI is InChI=1S/C20H23BrN2O3/c1-15(26-19-4-2-3-13-25-19)20-22-11-12-23(20)18(14-24)10-7-16-5-8-17(21)9-6-16/h5-6,8-9,11-12,15,18-19,24H,2-4,13-14H2,1H3/t15-,18-,19?/m0/s1. The Kier molecular flexibility index (Phi) is 6.86. The lowest BCUT2D eigenvalue weighted by Gasteiger charge is -2.26. The molecular formula is C20H23BrN2O3. The number of rotatable bonds is 5. The number of hydrogen-bond acceptors (Lipinski definition) is 4. The molecule has 3 rings (SSSR count). The van der Waals surface area contributed by atoms with Gasteiger partial charge in [-0.15, -0.1) is 0 Å². The third-order valence-electron chi connectivity index (χ3n) is 4.29. The van der Waals surface area contributed by atoms with Crippen molar-refractivity contribution in [2.75, 3.05) is 13.2 Å². The van der Waals surface area contributed by atoms with Crippen LogP contribution in [0, 0.1) is 11.8 Å². The van der Waals surface area contributed by atoms with Crippen molar-refractivity contribution in [3.63, 3.8) is 0 Å². The maximum absolute atomic E-state index is 9.82. The van der Waals surface area contributed by atoms with Crippen molar-refractivity contribution >= 4 is 15.9 Å². The van der Waals surface area contributed by atoms with Gasteiger partial charge < -0.3 is 19.1 Å². The summed E-state index contributed by atoms with van der Waals surface area (Å²) in [6.07, 6.45) is 6.21. The van der Waals surface area contributed by atoms with Gasteiger partial charge in [0, 0.05) is 29.0 Å². The molecule has 1 aromatic heterocycles. The zero-order chi connectivity index (χ0) is 18.4. The number of hydrogen-bond donors (Lipinski definition) is 1. The third kappa shape index (κ3) is 4.95. The van der Waals surface area contributed by atoms with E-state index in [-0.39, 0.29) is 25.0 Å². The summed E-state index contributed by atoms with van der Waals surface area (Å²) >= 11 is 3.41. The van der Waals surface area contributed by atoms with Gasteiger partial charge in [-0.1, -0.05) is 27.8 Å². The maximum Gasteiger partial charge on any atom is 0.158 e. The average molecular weight is 419 g/mol. The summed E-state index contributed by atoms with van der Waals surface area (Å²) in [5.74, 6) is 6.98. The highest BCUT2D eigenvalue weighted by Gasteiger charge is 2.22. The number of aliphatic hydroxyl groups excluding tert-OH is 1. The topological polar surface area (TPSA) is 56.5 Å². The van der Waals surface area contributed by atoms with Crippen molar-refractivity contribution in [3.8, 4) is 11.8 Å². The Hall–Kier alpha value is -1.65. The molecule has 2 aromatic rings. The molecule has 1 saturated heterocycles. The molecule has 1 unspecified atom stereocenters. The number of imidazole rings is 1. The highest BCUT2D eigenvalue weighted by atomic mass is 79.9. The van der Waals surface area contributed by atoms with Gasteiger partial charge in [0.15, 0.2) is 6.29 Å². The van der Waals surface area contributed by atoms with E-state index in [4.69, 9.17) is 9.47 Å². The molecule has 3 atom stereocenters. The minimum absolute atomic E-state index is 0.0977. The van der Waals surface area contributed by atoms with Crippen molar-refractivity contribution in [1.82, 2.24) is 9.55 Å².